The Balaban J connectivity index is 1.05. The molecule has 7 aromatic rings. The second-order valence-electron chi connectivity index (χ2n) is 9.98. The number of hydrogen-bond acceptors (Lipinski definition) is 1. The van der Waals surface area contributed by atoms with Crippen LogP contribution >= 0.6 is 0 Å². The normalized spacial score (nSPS) is 11.1. The van der Waals surface area contributed by atoms with Crippen molar-refractivity contribution in [2.24, 2.45) is 0 Å². The number of fused-ring (bicyclic) bond motifs is 2. The maximum atomic E-state index is 3.54. The van der Waals surface area contributed by atoms with E-state index in [9.17, 15) is 0 Å². The molecule has 0 aliphatic rings. The van der Waals surface area contributed by atoms with Crippen LogP contribution < -0.4 is 5.32 Å². The predicted molar refractivity (Wildman–Crippen MR) is 167 cm³/mol. The van der Waals surface area contributed by atoms with Crippen LogP contribution in [-0.2, 0) is 0 Å². The highest BCUT2D eigenvalue weighted by molar-refractivity contribution is 5.88. The molecule has 7 aromatic carbocycles. The van der Waals surface area contributed by atoms with Crippen molar-refractivity contribution in [1.82, 2.24) is 0 Å². The van der Waals surface area contributed by atoms with E-state index in [0.29, 0.717) is 0 Å². The van der Waals surface area contributed by atoms with E-state index in [-0.39, 0.29) is 0 Å². The van der Waals surface area contributed by atoms with Gasteiger partial charge in [-0.05, 0) is 91.3 Å². The van der Waals surface area contributed by atoms with Crippen LogP contribution in [0.15, 0.2) is 158 Å². The lowest BCUT2D eigenvalue weighted by Crippen LogP contribution is -1.90. The highest BCUT2D eigenvalue weighted by atomic mass is 14.9. The first kappa shape index (κ1) is 23.0. The van der Waals surface area contributed by atoms with Gasteiger partial charge in [0.25, 0.3) is 0 Å². The molecule has 7 rings (SSSR count). The Bertz CT molecular complexity index is 1900. The lowest BCUT2D eigenvalue weighted by Gasteiger charge is -2.10. The molecule has 0 atom stereocenters. The summed E-state index contributed by atoms with van der Waals surface area (Å²) in [4.78, 5) is 0. The minimum atomic E-state index is 1.07. The Hall–Kier alpha value is -5.14. The summed E-state index contributed by atoms with van der Waals surface area (Å²) in [6.07, 6.45) is 0. The van der Waals surface area contributed by atoms with Crippen molar-refractivity contribution in [3.63, 3.8) is 0 Å². The smallest absolute Gasteiger partial charge is 0.0384 e. The first-order chi connectivity index (χ1) is 19.3. The van der Waals surface area contributed by atoms with Crippen molar-refractivity contribution >= 4 is 32.9 Å². The quantitative estimate of drug-likeness (QED) is 0.249. The molecule has 0 amide bonds. The fraction of sp³-hybridized carbons (Fsp3) is 0. The van der Waals surface area contributed by atoms with Crippen molar-refractivity contribution in [3.05, 3.63) is 158 Å². The molecular weight excluding hydrogens is 470 g/mol. The SMILES string of the molecule is c1ccc2cc(-c3ccc(Nc4ccc(-c5ccc(-c6ccc7ccccc7c6)cc5)cc4)cc3)ccc2c1. The van der Waals surface area contributed by atoms with Gasteiger partial charge in [0.05, 0.1) is 0 Å². The molecule has 0 saturated carbocycles. The fourth-order valence-electron chi connectivity index (χ4n) is 5.25. The van der Waals surface area contributed by atoms with Gasteiger partial charge in [-0.2, -0.15) is 0 Å². The number of nitrogens with one attached hydrogen (secondary N) is 1. The molecule has 0 heterocycles. The van der Waals surface area contributed by atoms with Gasteiger partial charge in [0.1, 0.15) is 0 Å². The highest BCUT2D eigenvalue weighted by Gasteiger charge is 2.04. The maximum Gasteiger partial charge on any atom is 0.0384 e. The molecule has 1 nitrogen and oxygen atoms in total. The van der Waals surface area contributed by atoms with Gasteiger partial charge in [-0.3, -0.25) is 0 Å². The summed E-state index contributed by atoms with van der Waals surface area (Å²) in [5.74, 6) is 0. The zero-order valence-electron chi connectivity index (χ0n) is 21.5. The summed E-state index contributed by atoms with van der Waals surface area (Å²) in [5, 5.41) is 8.61. The van der Waals surface area contributed by atoms with E-state index in [1.807, 2.05) is 0 Å². The third-order valence-corrected chi connectivity index (χ3v) is 7.44. The van der Waals surface area contributed by atoms with E-state index in [1.54, 1.807) is 0 Å². The van der Waals surface area contributed by atoms with Gasteiger partial charge >= 0.3 is 0 Å². The van der Waals surface area contributed by atoms with Crippen LogP contribution in [0.3, 0.4) is 0 Å². The van der Waals surface area contributed by atoms with Gasteiger partial charge in [-0.25, -0.2) is 0 Å². The molecule has 0 fully saturated rings. The number of anilines is 2. The Morgan fingerprint density at radius 2 is 0.564 bits per heavy atom. The fourth-order valence-corrected chi connectivity index (χ4v) is 5.25. The van der Waals surface area contributed by atoms with E-state index < -0.39 is 0 Å². The Morgan fingerprint density at radius 3 is 0.974 bits per heavy atom. The average Bonchev–Trinajstić information content (AvgIpc) is 3.01. The standard InChI is InChI=1S/C38H27N/c1-3-7-33-25-35(15-13-27(33)5-1)31-11-9-29(10-12-31)30-17-21-37(22-18-30)39-38-23-19-32(20-24-38)36-16-14-28-6-2-4-8-34(28)26-36/h1-26,39H. The predicted octanol–water partition coefficient (Wildman–Crippen LogP) is 10.7. The largest absolute Gasteiger partial charge is 0.356 e. The zero-order valence-corrected chi connectivity index (χ0v) is 21.5. The molecule has 0 aromatic heterocycles. The molecule has 0 unspecified atom stereocenters. The van der Waals surface area contributed by atoms with Crippen molar-refractivity contribution in [2.45, 2.75) is 0 Å². The lowest BCUT2D eigenvalue weighted by molar-refractivity contribution is 1.53. The van der Waals surface area contributed by atoms with Gasteiger partial charge < -0.3 is 5.32 Å². The minimum absolute atomic E-state index is 1.07. The van der Waals surface area contributed by atoms with Crippen molar-refractivity contribution < 1.29 is 0 Å². The van der Waals surface area contributed by atoms with Gasteiger partial charge in [0.2, 0.25) is 0 Å². The number of hydrogen-bond donors (Lipinski definition) is 1. The summed E-state index contributed by atoms with van der Waals surface area (Å²) < 4.78 is 0. The molecule has 1 heteroatoms. The van der Waals surface area contributed by atoms with E-state index in [0.717, 1.165) is 11.4 Å². The van der Waals surface area contributed by atoms with Crippen LogP contribution in [0.25, 0.3) is 54.9 Å². The minimum Gasteiger partial charge on any atom is -0.356 e. The van der Waals surface area contributed by atoms with E-state index in [4.69, 9.17) is 0 Å². The van der Waals surface area contributed by atoms with Crippen molar-refractivity contribution in [3.8, 4) is 33.4 Å². The molecule has 0 radical (unpaired) electrons. The average molecular weight is 498 g/mol. The lowest BCUT2D eigenvalue weighted by atomic mass is 9.98. The summed E-state index contributed by atoms with van der Waals surface area (Å²) in [5.41, 5.74) is 9.49. The van der Waals surface area contributed by atoms with E-state index in [2.05, 4.69) is 163 Å². The molecule has 0 aliphatic carbocycles. The van der Waals surface area contributed by atoms with Gasteiger partial charge in [-0.15, -0.1) is 0 Å². The molecule has 0 saturated heterocycles. The van der Waals surface area contributed by atoms with Crippen LogP contribution in [0.2, 0.25) is 0 Å². The van der Waals surface area contributed by atoms with Crippen LogP contribution in [0.4, 0.5) is 11.4 Å². The molecule has 0 spiro atoms. The van der Waals surface area contributed by atoms with Crippen LogP contribution in [-0.4, -0.2) is 0 Å². The van der Waals surface area contributed by atoms with Crippen LogP contribution in [0.1, 0.15) is 0 Å². The second-order valence-corrected chi connectivity index (χ2v) is 9.98. The van der Waals surface area contributed by atoms with Crippen molar-refractivity contribution in [2.75, 3.05) is 5.32 Å². The summed E-state index contributed by atoms with van der Waals surface area (Å²) in [7, 11) is 0. The van der Waals surface area contributed by atoms with E-state index in [1.165, 1.54) is 54.9 Å². The third kappa shape index (κ3) is 4.79. The van der Waals surface area contributed by atoms with Gasteiger partial charge in [0, 0.05) is 11.4 Å². The molecule has 0 aliphatic heterocycles. The van der Waals surface area contributed by atoms with Crippen LogP contribution in [0.5, 0.6) is 0 Å². The Kier molecular flexibility index (Phi) is 5.88. The summed E-state index contributed by atoms with van der Waals surface area (Å²) >= 11 is 0. The Labute approximate surface area is 229 Å². The van der Waals surface area contributed by atoms with Crippen LogP contribution in [0, 0.1) is 0 Å². The first-order valence-corrected chi connectivity index (χ1v) is 13.3. The molecule has 39 heavy (non-hydrogen) atoms. The summed E-state index contributed by atoms with van der Waals surface area (Å²) in [6, 6.07) is 56.4. The number of rotatable bonds is 5. The monoisotopic (exact) mass is 497 g/mol. The molecule has 0 bridgehead atoms. The third-order valence-electron chi connectivity index (χ3n) is 7.44. The summed E-state index contributed by atoms with van der Waals surface area (Å²) in [6.45, 7) is 0. The van der Waals surface area contributed by atoms with Gasteiger partial charge in [-0.1, -0.05) is 121 Å². The number of benzene rings is 7. The van der Waals surface area contributed by atoms with Crippen molar-refractivity contribution in [1.29, 1.82) is 0 Å². The Morgan fingerprint density at radius 1 is 0.256 bits per heavy atom. The highest BCUT2D eigenvalue weighted by Crippen LogP contribution is 2.30. The molecule has 184 valence electrons. The maximum absolute atomic E-state index is 3.54. The molecule has 1 N–H and O–H groups in total. The first-order valence-electron chi connectivity index (χ1n) is 13.3. The molecular formula is C38H27N. The van der Waals surface area contributed by atoms with E-state index >= 15 is 0 Å². The van der Waals surface area contributed by atoms with Gasteiger partial charge in [0.15, 0.2) is 0 Å². The second kappa shape index (κ2) is 9.96. The topological polar surface area (TPSA) is 12.0 Å². The zero-order chi connectivity index (χ0) is 26.0.